The van der Waals surface area contributed by atoms with Crippen LogP contribution in [0.25, 0.3) is 0 Å². The van der Waals surface area contributed by atoms with Crippen LogP contribution in [-0.2, 0) is 11.3 Å². The first-order chi connectivity index (χ1) is 14.9. The van der Waals surface area contributed by atoms with Gasteiger partial charge in [-0.25, -0.2) is 13.8 Å². The Labute approximate surface area is 184 Å². The molecule has 2 fully saturated rings. The van der Waals surface area contributed by atoms with Gasteiger partial charge in [-0.1, -0.05) is 64.2 Å². The predicted molar refractivity (Wildman–Crippen MR) is 118 cm³/mol. The van der Waals surface area contributed by atoms with E-state index in [0.29, 0.717) is 17.4 Å². The highest BCUT2D eigenvalue weighted by molar-refractivity contribution is 6.06. The highest BCUT2D eigenvalue weighted by Gasteiger charge is 2.48. The topological polar surface area (TPSA) is 58.7 Å². The van der Waals surface area contributed by atoms with E-state index in [9.17, 15) is 13.6 Å². The van der Waals surface area contributed by atoms with Crippen LogP contribution in [0.15, 0.2) is 23.2 Å². The van der Waals surface area contributed by atoms with Gasteiger partial charge in [0.2, 0.25) is 0 Å². The smallest absolute Gasteiger partial charge is 0.257 e. The van der Waals surface area contributed by atoms with Crippen LogP contribution in [0.4, 0.5) is 8.78 Å². The molecule has 1 aliphatic heterocycles. The molecule has 0 spiro atoms. The number of amides is 1. The number of benzene rings is 1. The molecule has 0 saturated heterocycles. The molecular weight excluding hydrogens is 396 g/mol. The molecule has 31 heavy (non-hydrogen) atoms. The normalized spacial score (nSPS) is 25.8. The summed E-state index contributed by atoms with van der Waals surface area (Å²) in [5.74, 6) is -0.0456. The average Bonchev–Trinajstić information content (AvgIpc) is 2.97. The molecule has 1 amide bonds. The second-order valence-electron chi connectivity index (χ2n) is 9.92. The summed E-state index contributed by atoms with van der Waals surface area (Å²) in [7, 11) is 0. The van der Waals surface area contributed by atoms with Gasteiger partial charge in [0.15, 0.2) is 5.96 Å². The van der Waals surface area contributed by atoms with E-state index >= 15 is 0 Å². The Morgan fingerprint density at radius 2 is 1.52 bits per heavy atom. The maximum atomic E-state index is 13.7. The van der Waals surface area contributed by atoms with Gasteiger partial charge < -0.3 is 5.73 Å². The molecule has 0 radical (unpaired) electrons. The lowest BCUT2D eigenvalue weighted by atomic mass is 9.75. The molecule has 0 aromatic heterocycles. The van der Waals surface area contributed by atoms with Crippen LogP contribution in [-0.4, -0.2) is 22.3 Å². The van der Waals surface area contributed by atoms with Gasteiger partial charge in [0.05, 0.1) is 6.54 Å². The summed E-state index contributed by atoms with van der Waals surface area (Å²) in [6.45, 7) is 0.0543. The molecular formula is C25H35F2N3O. The number of guanidine groups is 1. The van der Waals surface area contributed by atoms with Crippen molar-refractivity contribution in [3.8, 4) is 0 Å². The van der Waals surface area contributed by atoms with Crippen LogP contribution >= 0.6 is 0 Å². The number of carbonyl (C=O) groups excluding carboxylic acids is 1. The molecule has 3 aliphatic rings. The zero-order chi connectivity index (χ0) is 21.8. The van der Waals surface area contributed by atoms with Crippen molar-refractivity contribution in [2.75, 3.05) is 0 Å². The van der Waals surface area contributed by atoms with Crippen molar-refractivity contribution in [2.24, 2.45) is 22.6 Å². The number of rotatable bonds is 7. The zero-order valence-corrected chi connectivity index (χ0v) is 18.4. The van der Waals surface area contributed by atoms with Crippen LogP contribution in [0.2, 0.25) is 0 Å². The van der Waals surface area contributed by atoms with E-state index in [-0.39, 0.29) is 18.4 Å². The second-order valence-corrected chi connectivity index (χ2v) is 9.92. The van der Waals surface area contributed by atoms with Crippen molar-refractivity contribution >= 4 is 11.9 Å². The van der Waals surface area contributed by atoms with Gasteiger partial charge in [0.1, 0.15) is 17.2 Å². The number of aliphatic imine (C=N–C) groups is 1. The van der Waals surface area contributed by atoms with Crippen molar-refractivity contribution in [3.05, 3.63) is 35.4 Å². The number of halogens is 2. The summed E-state index contributed by atoms with van der Waals surface area (Å²) in [5.41, 5.74) is 5.83. The van der Waals surface area contributed by atoms with Crippen LogP contribution in [0.5, 0.6) is 0 Å². The maximum Gasteiger partial charge on any atom is 0.257 e. The van der Waals surface area contributed by atoms with Crippen molar-refractivity contribution in [3.63, 3.8) is 0 Å². The van der Waals surface area contributed by atoms with Crippen molar-refractivity contribution in [1.82, 2.24) is 4.90 Å². The molecule has 1 heterocycles. The van der Waals surface area contributed by atoms with Gasteiger partial charge in [0.25, 0.3) is 5.91 Å². The standard InChI is InChI=1S/C25H35F2N3O/c26-21-13-20(14-22(27)15-21)17-30-23(31)25(29-24(30)28,16-19-9-5-2-6-10-19)12-11-18-7-3-1-4-8-18/h13-15,18-19H,1-12,16-17H2,(H2,28,29). The number of nitrogens with two attached hydrogens (primary N) is 1. The number of hydrogen-bond acceptors (Lipinski definition) is 3. The summed E-state index contributed by atoms with van der Waals surface area (Å²) in [5, 5.41) is 0. The molecule has 6 heteroatoms. The third-order valence-electron chi connectivity index (χ3n) is 7.55. The van der Waals surface area contributed by atoms with E-state index in [2.05, 4.69) is 0 Å². The molecule has 1 atom stereocenters. The van der Waals surface area contributed by atoms with Crippen LogP contribution in [0, 0.1) is 23.5 Å². The van der Waals surface area contributed by atoms with Crippen molar-refractivity contribution in [2.45, 2.75) is 95.6 Å². The van der Waals surface area contributed by atoms with Crippen molar-refractivity contribution in [1.29, 1.82) is 0 Å². The fraction of sp³-hybridized carbons (Fsp3) is 0.680. The number of nitrogens with zero attached hydrogens (tertiary/aromatic N) is 2. The lowest BCUT2D eigenvalue weighted by Crippen LogP contribution is -2.45. The summed E-state index contributed by atoms with van der Waals surface area (Å²) >= 11 is 0. The largest absolute Gasteiger partial charge is 0.369 e. The molecule has 4 rings (SSSR count). The van der Waals surface area contributed by atoms with Gasteiger partial charge in [-0.2, -0.15) is 0 Å². The zero-order valence-electron chi connectivity index (χ0n) is 18.4. The van der Waals surface area contributed by atoms with Crippen LogP contribution in [0.1, 0.15) is 89.0 Å². The third-order valence-corrected chi connectivity index (χ3v) is 7.55. The lowest BCUT2D eigenvalue weighted by Gasteiger charge is -2.33. The molecule has 2 N–H and O–H groups in total. The fourth-order valence-electron chi connectivity index (χ4n) is 5.91. The van der Waals surface area contributed by atoms with E-state index in [0.717, 1.165) is 38.2 Å². The highest BCUT2D eigenvalue weighted by atomic mass is 19.1. The summed E-state index contributed by atoms with van der Waals surface area (Å²) < 4.78 is 27.4. The maximum absolute atomic E-state index is 13.7. The quantitative estimate of drug-likeness (QED) is 0.603. The molecule has 1 aromatic carbocycles. The second kappa shape index (κ2) is 9.66. The number of hydrogen-bond donors (Lipinski definition) is 1. The monoisotopic (exact) mass is 431 g/mol. The Bertz CT molecular complexity index is 795. The van der Waals surface area contributed by atoms with Gasteiger partial charge in [-0.15, -0.1) is 0 Å². The van der Waals surface area contributed by atoms with E-state index in [4.69, 9.17) is 10.7 Å². The summed E-state index contributed by atoms with van der Waals surface area (Å²) in [6.07, 6.45) is 14.8. The Morgan fingerprint density at radius 3 is 2.13 bits per heavy atom. The third kappa shape index (κ3) is 5.27. The first kappa shape index (κ1) is 22.2. The highest BCUT2D eigenvalue weighted by Crippen LogP contribution is 2.41. The van der Waals surface area contributed by atoms with Gasteiger partial charge >= 0.3 is 0 Å². The molecule has 1 aromatic rings. The Morgan fingerprint density at radius 1 is 0.935 bits per heavy atom. The Kier molecular flexibility index (Phi) is 6.92. The van der Waals surface area contributed by atoms with Gasteiger partial charge in [-0.05, 0) is 48.8 Å². The summed E-state index contributed by atoms with van der Waals surface area (Å²) in [6, 6.07) is 3.35. The van der Waals surface area contributed by atoms with E-state index < -0.39 is 17.2 Å². The Balaban J connectivity index is 1.53. The van der Waals surface area contributed by atoms with Gasteiger partial charge in [0, 0.05) is 6.07 Å². The molecule has 2 aliphatic carbocycles. The van der Waals surface area contributed by atoms with Crippen LogP contribution in [0.3, 0.4) is 0 Å². The minimum absolute atomic E-state index is 0.0543. The molecule has 0 bridgehead atoms. The first-order valence-corrected chi connectivity index (χ1v) is 12.1. The molecule has 2 saturated carbocycles. The average molecular weight is 432 g/mol. The molecule has 4 nitrogen and oxygen atoms in total. The van der Waals surface area contributed by atoms with E-state index in [1.807, 2.05) is 0 Å². The van der Waals surface area contributed by atoms with Gasteiger partial charge in [-0.3, -0.25) is 9.69 Å². The number of carbonyl (C=O) groups is 1. The lowest BCUT2D eigenvalue weighted by molar-refractivity contribution is -0.132. The SMILES string of the molecule is NC1=NC(CCC2CCCCC2)(CC2CCCCC2)C(=O)N1Cc1cc(F)cc(F)c1. The molecule has 170 valence electrons. The van der Waals surface area contributed by atoms with E-state index in [1.54, 1.807) is 0 Å². The molecule has 1 unspecified atom stereocenters. The van der Waals surface area contributed by atoms with Crippen molar-refractivity contribution < 1.29 is 13.6 Å². The van der Waals surface area contributed by atoms with Crippen LogP contribution < -0.4 is 5.73 Å². The van der Waals surface area contributed by atoms with E-state index in [1.165, 1.54) is 68.4 Å². The fourth-order valence-corrected chi connectivity index (χ4v) is 5.91. The minimum atomic E-state index is -0.810. The first-order valence-electron chi connectivity index (χ1n) is 12.1. The minimum Gasteiger partial charge on any atom is -0.369 e. The summed E-state index contributed by atoms with van der Waals surface area (Å²) in [4.78, 5) is 19.9. The predicted octanol–water partition coefficient (Wildman–Crippen LogP) is 5.69. The Hall–Kier alpha value is -1.98.